The molecule has 0 aliphatic rings. The first-order chi connectivity index (χ1) is 19.6. The van der Waals surface area contributed by atoms with Crippen molar-refractivity contribution in [3.05, 3.63) is 127 Å². The van der Waals surface area contributed by atoms with Gasteiger partial charge in [-0.05, 0) is 73.2 Å². The molecule has 0 saturated heterocycles. The summed E-state index contributed by atoms with van der Waals surface area (Å²) >= 11 is 0. The molecule has 6 rings (SSSR count). The van der Waals surface area contributed by atoms with Crippen molar-refractivity contribution in [2.24, 2.45) is 0 Å². The van der Waals surface area contributed by atoms with Crippen LogP contribution in [0.25, 0.3) is 50.2 Å². The van der Waals surface area contributed by atoms with Crippen molar-refractivity contribution >= 4 is 33.4 Å². The highest BCUT2D eigenvalue weighted by molar-refractivity contribution is 5.99. The zero-order valence-corrected chi connectivity index (χ0v) is 21.7. The number of hydrogen-bond acceptors (Lipinski definition) is 5. The molecule has 194 valence electrons. The number of allylic oxidation sites excluding steroid dienone is 4. The van der Waals surface area contributed by atoms with Crippen LogP contribution >= 0.6 is 0 Å². The second kappa shape index (κ2) is 10.6. The van der Waals surface area contributed by atoms with Gasteiger partial charge in [-0.25, -0.2) is 4.98 Å². The Balaban J connectivity index is 1.36. The molecule has 0 aliphatic carbocycles. The maximum Gasteiger partial charge on any atom is 0.255 e. The van der Waals surface area contributed by atoms with Crippen LogP contribution in [0.3, 0.4) is 0 Å². The predicted octanol–water partition coefficient (Wildman–Crippen LogP) is 6.47. The third kappa shape index (κ3) is 4.69. The Hall–Kier alpha value is -5.63. The summed E-state index contributed by atoms with van der Waals surface area (Å²) in [6, 6.07) is 20.8. The second-order valence-corrected chi connectivity index (χ2v) is 9.08. The number of rotatable bonds is 7. The molecule has 0 radical (unpaired) electrons. The minimum atomic E-state index is -0.207. The number of amides is 1. The Kier molecular flexibility index (Phi) is 6.56. The minimum Gasteiger partial charge on any atom is -0.353 e. The average Bonchev–Trinajstić information content (AvgIpc) is 3.64. The van der Waals surface area contributed by atoms with Crippen LogP contribution in [-0.4, -0.2) is 36.0 Å². The van der Waals surface area contributed by atoms with E-state index in [-0.39, 0.29) is 5.91 Å². The van der Waals surface area contributed by atoms with Gasteiger partial charge < -0.3 is 10.3 Å². The molecule has 0 spiro atoms. The van der Waals surface area contributed by atoms with E-state index in [2.05, 4.69) is 37.0 Å². The van der Waals surface area contributed by atoms with Crippen LogP contribution in [-0.2, 0) is 0 Å². The van der Waals surface area contributed by atoms with Crippen molar-refractivity contribution in [2.45, 2.75) is 6.92 Å². The van der Waals surface area contributed by atoms with Gasteiger partial charge in [-0.3, -0.25) is 19.9 Å². The highest BCUT2D eigenvalue weighted by Gasteiger charge is 2.16. The predicted molar refractivity (Wildman–Crippen MR) is 158 cm³/mol. The van der Waals surface area contributed by atoms with Crippen LogP contribution in [0, 0.1) is 0 Å². The van der Waals surface area contributed by atoms with Crippen LogP contribution in [0.4, 0.5) is 0 Å². The van der Waals surface area contributed by atoms with Gasteiger partial charge in [-0.2, -0.15) is 5.10 Å². The number of hydrogen-bond donors (Lipinski definition) is 3. The fourth-order valence-corrected chi connectivity index (χ4v) is 4.57. The first kappa shape index (κ1) is 24.7. The number of carbonyl (C=O) groups is 1. The topological polar surface area (TPSA) is 112 Å². The van der Waals surface area contributed by atoms with E-state index in [0.29, 0.717) is 17.0 Å². The van der Waals surface area contributed by atoms with Crippen molar-refractivity contribution in [2.75, 3.05) is 0 Å². The molecular weight excluding hydrogens is 498 g/mol. The van der Waals surface area contributed by atoms with Crippen molar-refractivity contribution in [3.8, 4) is 22.6 Å². The molecule has 0 fully saturated rings. The molecule has 0 bridgehead atoms. The summed E-state index contributed by atoms with van der Waals surface area (Å²) in [5.74, 6) is -0.207. The van der Waals surface area contributed by atoms with E-state index in [0.717, 1.165) is 50.2 Å². The molecule has 5 aromatic heterocycles. The number of nitrogens with one attached hydrogen (secondary N) is 3. The van der Waals surface area contributed by atoms with E-state index in [9.17, 15) is 4.79 Å². The van der Waals surface area contributed by atoms with Crippen LogP contribution in [0.5, 0.6) is 0 Å². The third-order valence-corrected chi connectivity index (χ3v) is 6.58. The molecule has 6 aromatic rings. The molecule has 1 amide bonds. The number of aromatic amines is 2. The van der Waals surface area contributed by atoms with Gasteiger partial charge in [0.1, 0.15) is 11.2 Å². The number of carbonyl (C=O) groups excluding carboxylic acids is 1. The lowest BCUT2D eigenvalue weighted by molar-refractivity contribution is 0.0967. The number of aromatic nitrogens is 6. The van der Waals surface area contributed by atoms with Crippen molar-refractivity contribution in [1.82, 2.24) is 35.5 Å². The van der Waals surface area contributed by atoms with E-state index in [1.54, 1.807) is 36.8 Å². The highest BCUT2D eigenvalue weighted by Crippen LogP contribution is 2.32. The molecule has 1 aromatic carbocycles. The lowest BCUT2D eigenvalue weighted by Crippen LogP contribution is -2.21. The zero-order chi connectivity index (χ0) is 27.5. The van der Waals surface area contributed by atoms with Gasteiger partial charge in [0.25, 0.3) is 5.91 Å². The molecule has 0 unspecified atom stereocenters. The molecule has 5 heterocycles. The van der Waals surface area contributed by atoms with Crippen LogP contribution < -0.4 is 5.32 Å². The maximum atomic E-state index is 12.7. The van der Waals surface area contributed by atoms with Crippen molar-refractivity contribution in [3.63, 3.8) is 0 Å². The monoisotopic (exact) mass is 523 g/mol. The summed E-state index contributed by atoms with van der Waals surface area (Å²) < 4.78 is 0. The van der Waals surface area contributed by atoms with Crippen LogP contribution in [0.1, 0.15) is 23.0 Å². The smallest absolute Gasteiger partial charge is 0.255 e. The van der Waals surface area contributed by atoms with E-state index in [1.165, 1.54) is 0 Å². The van der Waals surface area contributed by atoms with E-state index in [4.69, 9.17) is 4.98 Å². The summed E-state index contributed by atoms with van der Waals surface area (Å²) in [6.45, 7) is 5.80. The third-order valence-electron chi connectivity index (χ3n) is 6.58. The number of benzene rings is 1. The largest absolute Gasteiger partial charge is 0.353 e. The van der Waals surface area contributed by atoms with Gasteiger partial charge >= 0.3 is 0 Å². The molecule has 0 atom stereocenters. The fraction of sp³-hybridized carbons (Fsp3) is 0.0312. The Morgan fingerprint density at radius 1 is 0.975 bits per heavy atom. The van der Waals surface area contributed by atoms with Crippen LogP contribution in [0.2, 0.25) is 0 Å². The Morgan fingerprint density at radius 3 is 2.62 bits per heavy atom. The van der Waals surface area contributed by atoms with Crippen molar-refractivity contribution in [1.29, 1.82) is 0 Å². The Bertz CT molecular complexity index is 1920. The molecule has 3 N–H and O–H groups in total. The zero-order valence-electron chi connectivity index (χ0n) is 21.7. The normalized spacial score (nSPS) is 12.1. The molecule has 0 aliphatic heterocycles. The minimum absolute atomic E-state index is 0.207. The van der Waals surface area contributed by atoms with Gasteiger partial charge in [0.15, 0.2) is 0 Å². The highest BCUT2D eigenvalue weighted by atomic mass is 16.1. The van der Waals surface area contributed by atoms with Gasteiger partial charge in [0.2, 0.25) is 0 Å². The quantitative estimate of drug-likeness (QED) is 0.208. The molecule has 0 saturated carbocycles. The van der Waals surface area contributed by atoms with Crippen LogP contribution in [0.15, 0.2) is 116 Å². The molecular formula is C32H25N7O. The maximum absolute atomic E-state index is 12.7. The van der Waals surface area contributed by atoms with Gasteiger partial charge in [0, 0.05) is 46.3 Å². The molecule has 8 nitrogen and oxygen atoms in total. The molecule has 40 heavy (non-hydrogen) atoms. The number of H-pyrrole nitrogens is 2. The van der Waals surface area contributed by atoms with Gasteiger partial charge in [-0.1, -0.05) is 30.9 Å². The lowest BCUT2D eigenvalue weighted by Gasteiger charge is -2.08. The van der Waals surface area contributed by atoms with E-state index in [1.807, 2.05) is 73.7 Å². The summed E-state index contributed by atoms with van der Waals surface area (Å²) in [4.78, 5) is 30.0. The van der Waals surface area contributed by atoms with E-state index >= 15 is 0 Å². The molecule has 8 heteroatoms. The summed E-state index contributed by atoms with van der Waals surface area (Å²) in [5.41, 5.74) is 8.49. The van der Waals surface area contributed by atoms with Gasteiger partial charge in [-0.15, -0.1) is 0 Å². The summed E-state index contributed by atoms with van der Waals surface area (Å²) in [6.07, 6.45) is 10.7. The standard InChI is InChI=1S/C32H25N7O/c1-3-20(17-23(4-2)35-32(40)21-9-6-5-7-10-21)25-12-13-27-30(37-25)31(39-38-27)28-18-24-26(36-28)14-16-34-29(24)22-11-8-15-33-19-22/h3-19,36H,2H2,1H3,(H,35,40)(H,38,39)/b20-3+,23-17+. The Morgan fingerprint density at radius 2 is 1.85 bits per heavy atom. The summed E-state index contributed by atoms with van der Waals surface area (Å²) in [5, 5.41) is 11.6. The van der Waals surface area contributed by atoms with Gasteiger partial charge in [0.05, 0.1) is 22.6 Å². The Labute approximate surface area is 230 Å². The first-order valence-corrected chi connectivity index (χ1v) is 12.8. The van der Waals surface area contributed by atoms with E-state index < -0.39 is 0 Å². The first-order valence-electron chi connectivity index (χ1n) is 12.8. The SMILES string of the molecule is C=C/C(=C\C(=C/C)c1ccc2[nH]nc(-c3cc4c(-c5cccnc5)nccc4[nH]3)c2n1)NC(=O)c1ccccc1. The summed E-state index contributed by atoms with van der Waals surface area (Å²) in [7, 11) is 0. The number of fused-ring (bicyclic) bond motifs is 2. The number of pyridine rings is 3. The lowest BCUT2D eigenvalue weighted by atomic mass is 10.1. The number of nitrogens with zero attached hydrogens (tertiary/aromatic N) is 4. The second-order valence-electron chi connectivity index (χ2n) is 9.08. The van der Waals surface area contributed by atoms with Crippen molar-refractivity contribution < 1.29 is 4.79 Å². The fourth-order valence-electron chi connectivity index (χ4n) is 4.57. The average molecular weight is 524 g/mol.